The summed E-state index contributed by atoms with van der Waals surface area (Å²) < 4.78 is 14.4. The molecule has 2 heterocycles. The first-order chi connectivity index (χ1) is 12.3. The molecule has 26 heavy (non-hydrogen) atoms. The van der Waals surface area contributed by atoms with E-state index in [0.29, 0.717) is 21.1 Å². The van der Waals surface area contributed by atoms with Crippen molar-refractivity contribution in [3.63, 3.8) is 0 Å². The third kappa shape index (κ3) is 3.52. The number of amides is 1. The van der Waals surface area contributed by atoms with Crippen LogP contribution in [0.1, 0.15) is 17.4 Å². The molecular weight excluding hydrogens is 373 g/mol. The third-order valence-electron chi connectivity index (χ3n) is 4.13. The number of hydrogen-bond donors (Lipinski definition) is 1. The Morgan fingerprint density at radius 2 is 1.96 bits per heavy atom. The summed E-state index contributed by atoms with van der Waals surface area (Å²) >= 11 is 2.70. The molecule has 5 nitrogen and oxygen atoms in total. The van der Waals surface area contributed by atoms with Gasteiger partial charge in [-0.25, -0.2) is 9.37 Å². The average Bonchev–Trinajstić information content (AvgIpc) is 2.88. The molecule has 136 valence electrons. The van der Waals surface area contributed by atoms with E-state index in [1.54, 1.807) is 14.0 Å². The molecule has 3 rings (SSSR count). The van der Waals surface area contributed by atoms with Crippen molar-refractivity contribution in [2.24, 2.45) is 7.05 Å². The van der Waals surface area contributed by atoms with Crippen LogP contribution in [0, 0.1) is 19.7 Å². The number of halogens is 1. The highest BCUT2D eigenvalue weighted by Crippen LogP contribution is 2.29. The monoisotopic (exact) mass is 391 g/mol. The minimum Gasteiger partial charge on any atom is -0.325 e. The largest absolute Gasteiger partial charge is 0.325 e. The Bertz CT molecular complexity index is 1040. The summed E-state index contributed by atoms with van der Waals surface area (Å²) in [7, 11) is 1.66. The summed E-state index contributed by atoms with van der Waals surface area (Å²) in [6, 6.07) is 5.58. The van der Waals surface area contributed by atoms with Crippen molar-refractivity contribution in [3.8, 4) is 0 Å². The number of carbonyl (C=O) groups excluding carboxylic acids is 1. The van der Waals surface area contributed by atoms with E-state index in [1.807, 2.05) is 13.8 Å². The first-order valence-electron chi connectivity index (χ1n) is 7.97. The number of aryl methyl sites for hydroxylation is 2. The fraction of sp³-hybridized carbons (Fsp3) is 0.278. The van der Waals surface area contributed by atoms with Crippen LogP contribution in [0.15, 0.2) is 34.2 Å². The lowest BCUT2D eigenvalue weighted by Crippen LogP contribution is -2.25. The zero-order valence-electron chi connectivity index (χ0n) is 14.8. The van der Waals surface area contributed by atoms with E-state index >= 15 is 0 Å². The van der Waals surface area contributed by atoms with Crippen molar-refractivity contribution < 1.29 is 9.18 Å². The predicted octanol–water partition coefficient (Wildman–Crippen LogP) is 3.87. The van der Waals surface area contributed by atoms with E-state index in [1.165, 1.54) is 51.9 Å². The van der Waals surface area contributed by atoms with Crippen molar-refractivity contribution in [1.29, 1.82) is 0 Å². The van der Waals surface area contributed by atoms with Gasteiger partial charge in [-0.1, -0.05) is 11.8 Å². The molecular formula is C18H18FN3O2S2. The van der Waals surface area contributed by atoms with Crippen LogP contribution in [0.4, 0.5) is 10.1 Å². The Kier molecular flexibility index (Phi) is 5.15. The molecule has 1 aromatic carbocycles. The maximum atomic E-state index is 13.0. The molecule has 1 amide bonds. The summed E-state index contributed by atoms with van der Waals surface area (Å²) in [5.41, 5.74) is 1.37. The maximum absolute atomic E-state index is 13.0. The molecule has 3 aromatic rings. The molecule has 0 bridgehead atoms. The molecule has 1 N–H and O–H groups in total. The average molecular weight is 391 g/mol. The van der Waals surface area contributed by atoms with Gasteiger partial charge in [-0.3, -0.25) is 14.2 Å². The quantitative estimate of drug-likeness (QED) is 0.542. The van der Waals surface area contributed by atoms with Crippen LogP contribution < -0.4 is 10.9 Å². The lowest BCUT2D eigenvalue weighted by molar-refractivity contribution is -0.115. The van der Waals surface area contributed by atoms with Gasteiger partial charge in [-0.05, 0) is 50.6 Å². The van der Waals surface area contributed by atoms with Crippen LogP contribution in [-0.2, 0) is 11.8 Å². The van der Waals surface area contributed by atoms with Gasteiger partial charge in [-0.15, -0.1) is 11.3 Å². The van der Waals surface area contributed by atoms with Crippen LogP contribution >= 0.6 is 23.1 Å². The van der Waals surface area contributed by atoms with Crippen LogP contribution in [0.3, 0.4) is 0 Å². The first kappa shape index (κ1) is 18.6. The number of carbonyl (C=O) groups is 1. The molecule has 0 fully saturated rings. The number of thiophene rings is 1. The number of aromatic nitrogens is 2. The highest BCUT2D eigenvalue weighted by atomic mass is 32.2. The van der Waals surface area contributed by atoms with Crippen molar-refractivity contribution >= 4 is 44.9 Å². The van der Waals surface area contributed by atoms with Crippen LogP contribution in [0.2, 0.25) is 0 Å². The molecule has 0 aliphatic rings. The zero-order valence-corrected chi connectivity index (χ0v) is 16.4. The van der Waals surface area contributed by atoms with Gasteiger partial charge < -0.3 is 5.32 Å². The third-order valence-corrected chi connectivity index (χ3v) is 6.38. The SMILES string of the molecule is Cc1sc2nc(S[C@@H](C)C(=O)Nc3ccc(F)cc3)n(C)c(=O)c2c1C. The molecule has 0 saturated carbocycles. The summed E-state index contributed by atoms with van der Waals surface area (Å²) in [4.78, 5) is 31.3. The number of rotatable bonds is 4. The zero-order chi connectivity index (χ0) is 19.0. The number of anilines is 1. The normalized spacial score (nSPS) is 12.3. The Hall–Kier alpha value is -2.19. The summed E-state index contributed by atoms with van der Waals surface area (Å²) in [6.45, 7) is 5.63. The Morgan fingerprint density at radius 3 is 2.62 bits per heavy atom. The molecule has 0 saturated heterocycles. The summed E-state index contributed by atoms with van der Waals surface area (Å²) in [6.07, 6.45) is 0. The maximum Gasteiger partial charge on any atom is 0.262 e. The van der Waals surface area contributed by atoms with Gasteiger partial charge in [0.05, 0.1) is 10.6 Å². The number of hydrogen-bond acceptors (Lipinski definition) is 5. The molecule has 2 aromatic heterocycles. The van der Waals surface area contributed by atoms with Gasteiger partial charge in [-0.2, -0.15) is 0 Å². The molecule has 0 aliphatic heterocycles. The number of nitrogens with zero attached hydrogens (tertiary/aromatic N) is 2. The van der Waals surface area contributed by atoms with E-state index in [2.05, 4.69) is 10.3 Å². The molecule has 0 radical (unpaired) electrons. The molecule has 0 aliphatic carbocycles. The van der Waals surface area contributed by atoms with Gasteiger partial charge >= 0.3 is 0 Å². The van der Waals surface area contributed by atoms with Gasteiger partial charge in [0.25, 0.3) is 5.56 Å². The first-order valence-corrected chi connectivity index (χ1v) is 9.67. The highest BCUT2D eigenvalue weighted by molar-refractivity contribution is 8.00. The highest BCUT2D eigenvalue weighted by Gasteiger charge is 2.20. The molecule has 0 spiro atoms. The fourth-order valence-electron chi connectivity index (χ4n) is 2.45. The van der Waals surface area contributed by atoms with Crippen LogP contribution in [-0.4, -0.2) is 20.7 Å². The van der Waals surface area contributed by atoms with E-state index in [4.69, 9.17) is 0 Å². The van der Waals surface area contributed by atoms with Gasteiger partial charge in [0.2, 0.25) is 5.91 Å². The minimum atomic E-state index is -0.474. The number of benzene rings is 1. The van der Waals surface area contributed by atoms with Crippen LogP contribution in [0.5, 0.6) is 0 Å². The second-order valence-corrected chi connectivity index (χ2v) is 8.49. The second kappa shape index (κ2) is 7.20. The second-order valence-electron chi connectivity index (χ2n) is 5.98. The predicted molar refractivity (Wildman–Crippen MR) is 105 cm³/mol. The van der Waals surface area contributed by atoms with E-state index in [0.717, 1.165) is 10.4 Å². The number of nitrogens with one attached hydrogen (secondary N) is 1. The molecule has 1 atom stereocenters. The Labute approximate surface area is 158 Å². The van der Waals surface area contributed by atoms with Crippen molar-refractivity contribution in [1.82, 2.24) is 9.55 Å². The number of thioether (sulfide) groups is 1. The van der Waals surface area contributed by atoms with Crippen molar-refractivity contribution in [2.75, 3.05) is 5.32 Å². The van der Waals surface area contributed by atoms with E-state index in [-0.39, 0.29) is 17.3 Å². The lowest BCUT2D eigenvalue weighted by atomic mass is 10.2. The van der Waals surface area contributed by atoms with Crippen molar-refractivity contribution in [2.45, 2.75) is 31.2 Å². The minimum absolute atomic E-state index is 0.106. The van der Waals surface area contributed by atoms with Gasteiger partial charge in [0, 0.05) is 17.6 Å². The van der Waals surface area contributed by atoms with E-state index in [9.17, 15) is 14.0 Å². The van der Waals surface area contributed by atoms with E-state index < -0.39 is 5.25 Å². The van der Waals surface area contributed by atoms with Crippen LogP contribution in [0.25, 0.3) is 10.2 Å². The summed E-state index contributed by atoms with van der Waals surface area (Å²) in [5, 5.41) is 3.39. The Morgan fingerprint density at radius 1 is 1.31 bits per heavy atom. The lowest BCUT2D eigenvalue weighted by Gasteiger charge is -2.13. The van der Waals surface area contributed by atoms with Gasteiger partial charge in [0.15, 0.2) is 5.16 Å². The topological polar surface area (TPSA) is 64.0 Å². The Balaban J connectivity index is 1.83. The summed E-state index contributed by atoms with van der Waals surface area (Å²) in [5.74, 6) is -0.603. The van der Waals surface area contributed by atoms with Gasteiger partial charge in [0.1, 0.15) is 10.6 Å². The number of fused-ring (bicyclic) bond motifs is 1. The smallest absolute Gasteiger partial charge is 0.262 e. The molecule has 0 unspecified atom stereocenters. The fourth-order valence-corrected chi connectivity index (χ4v) is 4.39. The standard InChI is InChI=1S/C18H18FN3O2S2/c1-9-10(2)25-16-14(9)17(24)22(4)18(21-16)26-11(3)15(23)20-13-7-5-12(19)6-8-13/h5-8,11H,1-4H3,(H,20,23)/t11-/m0/s1. The molecule has 8 heteroatoms. The van der Waals surface area contributed by atoms with Crippen molar-refractivity contribution in [3.05, 3.63) is 50.9 Å².